The fourth-order valence-corrected chi connectivity index (χ4v) is 3.01. The van der Waals surface area contributed by atoms with E-state index in [0.717, 1.165) is 17.5 Å². The first-order valence-electron chi connectivity index (χ1n) is 6.33. The van der Waals surface area contributed by atoms with Crippen LogP contribution in [0.25, 0.3) is 5.82 Å². The topological polar surface area (TPSA) is 71.8 Å². The molecule has 1 fully saturated rings. The van der Waals surface area contributed by atoms with Gasteiger partial charge in [-0.25, -0.2) is 9.97 Å². The number of thioether (sulfide) groups is 1. The number of aryl methyl sites for hydroxylation is 1. The van der Waals surface area contributed by atoms with Gasteiger partial charge in [0, 0.05) is 30.2 Å². The summed E-state index contributed by atoms with van der Waals surface area (Å²) >= 11 is 1.72. The van der Waals surface area contributed by atoms with Crippen LogP contribution in [0, 0.1) is 6.92 Å². The van der Waals surface area contributed by atoms with E-state index in [1.807, 2.05) is 29.8 Å². The van der Waals surface area contributed by atoms with Crippen LogP contribution in [0.4, 0.5) is 5.69 Å². The first-order chi connectivity index (χ1) is 9.75. The van der Waals surface area contributed by atoms with Crippen molar-refractivity contribution < 1.29 is 4.79 Å². The van der Waals surface area contributed by atoms with E-state index in [9.17, 15) is 4.79 Å². The summed E-state index contributed by atoms with van der Waals surface area (Å²) in [5, 5.41) is 6.10. The smallest absolute Gasteiger partial charge is 0.242 e. The van der Waals surface area contributed by atoms with Gasteiger partial charge in [0.2, 0.25) is 5.91 Å². The van der Waals surface area contributed by atoms with Gasteiger partial charge in [-0.3, -0.25) is 14.7 Å². The summed E-state index contributed by atoms with van der Waals surface area (Å²) < 4.78 is 1.85. The largest absolute Gasteiger partial charge is 0.322 e. The van der Waals surface area contributed by atoms with Crippen LogP contribution in [0.15, 0.2) is 30.7 Å². The van der Waals surface area contributed by atoms with Crippen molar-refractivity contribution in [3.63, 3.8) is 0 Å². The number of nitrogens with zero attached hydrogens (tertiary/aromatic N) is 3. The molecule has 0 saturated carbocycles. The normalized spacial score (nSPS) is 18.1. The lowest BCUT2D eigenvalue weighted by Gasteiger charge is -2.14. The molecule has 0 bridgehead atoms. The van der Waals surface area contributed by atoms with E-state index < -0.39 is 0 Å². The molecule has 104 valence electrons. The Morgan fingerprint density at radius 2 is 2.40 bits per heavy atom. The maximum absolute atomic E-state index is 12.2. The van der Waals surface area contributed by atoms with Crippen LogP contribution in [-0.4, -0.2) is 38.1 Å². The van der Waals surface area contributed by atoms with Crippen LogP contribution in [0.3, 0.4) is 0 Å². The molecule has 1 saturated heterocycles. The molecule has 0 spiro atoms. The standard InChI is InChI=1S/C13H15N5OS/c1-9-14-5-6-18(9)12-10(3-2-4-15-12)17-13(19)11-7-20-8-16-11/h2-6,11,16H,7-8H2,1H3,(H,17,19). The summed E-state index contributed by atoms with van der Waals surface area (Å²) in [5.74, 6) is 3.10. The van der Waals surface area contributed by atoms with E-state index in [2.05, 4.69) is 20.6 Å². The molecular formula is C13H15N5OS. The Morgan fingerprint density at radius 1 is 1.50 bits per heavy atom. The van der Waals surface area contributed by atoms with Crippen molar-refractivity contribution in [3.8, 4) is 5.82 Å². The summed E-state index contributed by atoms with van der Waals surface area (Å²) in [7, 11) is 0. The minimum Gasteiger partial charge on any atom is -0.322 e. The summed E-state index contributed by atoms with van der Waals surface area (Å²) in [6.45, 7) is 1.90. The molecule has 1 unspecified atom stereocenters. The van der Waals surface area contributed by atoms with Gasteiger partial charge in [0.05, 0.1) is 11.7 Å². The van der Waals surface area contributed by atoms with Crippen molar-refractivity contribution in [2.24, 2.45) is 0 Å². The number of imidazole rings is 1. The molecule has 20 heavy (non-hydrogen) atoms. The van der Waals surface area contributed by atoms with Crippen LogP contribution in [-0.2, 0) is 4.79 Å². The van der Waals surface area contributed by atoms with Crippen molar-refractivity contribution in [1.29, 1.82) is 0 Å². The average molecular weight is 289 g/mol. The first-order valence-corrected chi connectivity index (χ1v) is 7.48. The molecule has 1 amide bonds. The number of aromatic nitrogens is 3. The Morgan fingerprint density at radius 3 is 3.10 bits per heavy atom. The zero-order chi connectivity index (χ0) is 13.9. The van der Waals surface area contributed by atoms with E-state index in [1.165, 1.54) is 0 Å². The second-order valence-electron chi connectivity index (χ2n) is 4.48. The number of hydrogen-bond acceptors (Lipinski definition) is 5. The second kappa shape index (κ2) is 5.64. The van der Waals surface area contributed by atoms with Gasteiger partial charge < -0.3 is 5.32 Å². The van der Waals surface area contributed by atoms with Gasteiger partial charge in [0.25, 0.3) is 0 Å². The second-order valence-corrected chi connectivity index (χ2v) is 5.51. The molecule has 3 rings (SSSR count). The molecule has 1 atom stereocenters. The number of nitrogens with one attached hydrogen (secondary N) is 2. The van der Waals surface area contributed by atoms with Crippen LogP contribution < -0.4 is 10.6 Å². The van der Waals surface area contributed by atoms with Gasteiger partial charge in [-0.2, -0.15) is 0 Å². The lowest BCUT2D eigenvalue weighted by Crippen LogP contribution is -2.37. The van der Waals surface area contributed by atoms with E-state index >= 15 is 0 Å². The Hall–Kier alpha value is -1.86. The number of carbonyl (C=O) groups is 1. The van der Waals surface area contributed by atoms with Gasteiger partial charge in [-0.05, 0) is 19.1 Å². The summed E-state index contributed by atoms with van der Waals surface area (Å²) in [4.78, 5) is 20.7. The lowest BCUT2D eigenvalue weighted by atomic mass is 10.3. The zero-order valence-corrected chi connectivity index (χ0v) is 11.9. The number of carbonyl (C=O) groups excluding carboxylic acids is 1. The van der Waals surface area contributed by atoms with Crippen molar-refractivity contribution in [2.75, 3.05) is 16.9 Å². The molecule has 0 aromatic carbocycles. The Kier molecular flexibility index (Phi) is 3.70. The number of anilines is 1. The quantitative estimate of drug-likeness (QED) is 0.887. The number of pyridine rings is 1. The first kappa shape index (κ1) is 13.1. The maximum Gasteiger partial charge on any atom is 0.242 e. The van der Waals surface area contributed by atoms with Crippen LogP contribution in [0.5, 0.6) is 0 Å². The lowest BCUT2D eigenvalue weighted by molar-refractivity contribution is -0.117. The fourth-order valence-electron chi connectivity index (χ4n) is 2.07. The van der Waals surface area contributed by atoms with Gasteiger partial charge in [-0.15, -0.1) is 11.8 Å². The molecule has 7 heteroatoms. The van der Waals surface area contributed by atoms with Crippen molar-refractivity contribution >= 4 is 23.4 Å². The minimum absolute atomic E-state index is 0.0259. The van der Waals surface area contributed by atoms with E-state index in [4.69, 9.17) is 0 Å². The van der Waals surface area contributed by atoms with Gasteiger partial charge in [0.1, 0.15) is 5.82 Å². The van der Waals surface area contributed by atoms with Crippen LogP contribution >= 0.6 is 11.8 Å². The molecule has 3 heterocycles. The number of amides is 1. The Bertz CT molecular complexity index is 621. The van der Waals surface area contributed by atoms with Crippen molar-refractivity contribution in [2.45, 2.75) is 13.0 Å². The third kappa shape index (κ3) is 2.54. The highest BCUT2D eigenvalue weighted by Crippen LogP contribution is 2.19. The zero-order valence-electron chi connectivity index (χ0n) is 11.0. The highest BCUT2D eigenvalue weighted by atomic mass is 32.2. The van der Waals surface area contributed by atoms with E-state index in [0.29, 0.717) is 11.5 Å². The van der Waals surface area contributed by atoms with Gasteiger partial charge >= 0.3 is 0 Å². The molecule has 1 aliphatic heterocycles. The fraction of sp³-hybridized carbons (Fsp3) is 0.308. The van der Waals surface area contributed by atoms with Gasteiger partial charge in [-0.1, -0.05) is 0 Å². The molecule has 1 aliphatic rings. The van der Waals surface area contributed by atoms with E-state index in [1.54, 1.807) is 24.2 Å². The highest BCUT2D eigenvalue weighted by Gasteiger charge is 2.23. The molecule has 0 radical (unpaired) electrons. The number of hydrogen-bond donors (Lipinski definition) is 2. The third-order valence-corrected chi connectivity index (χ3v) is 4.07. The third-order valence-electron chi connectivity index (χ3n) is 3.13. The van der Waals surface area contributed by atoms with E-state index in [-0.39, 0.29) is 11.9 Å². The predicted octanol–water partition coefficient (Wildman–Crippen LogP) is 1.18. The number of rotatable bonds is 3. The molecule has 0 aliphatic carbocycles. The molecular weight excluding hydrogens is 274 g/mol. The molecule has 2 aromatic heterocycles. The summed E-state index contributed by atoms with van der Waals surface area (Å²) in [6, 6.07) is 3.51. The molecule has 2 N–H and O–H groups in total. The van der Waals surface area contributed by atoms with Crippen LogP contribution in [0.1, 0.15) is 5.82 Å². The monoisotopic (exact) mass is 289 g/mol. The predicted molar refractivity (Wildman–Crippen MR) is 79.0 cm³/mol. The van der Waals surface area contributed by atoms with Crippen molar-refractivity contribution in [1.82, 2.24) is 19.9 Å². The van der Waals surface area contributed by atoms with Crippen molar-refractivity contribution in [3.05, 3.63) is 36.5 Å². The Labute approximate surface area is 121 Å². The van der Waals surface area contributed by atoms with Gasteiger partial charge in [0.15, 0.2) is 5.82 Å². The molecule has 6 nitrogen and oxygen atoms in total. The SMILES string of the molecule is Cc1nccn1-c1ncccc1NC(=O)C1CSCN1. The summed E-state index contributed by atoms with van der Waals surface area (Å²) in [5.41, 5.74) is 0.692. The van der Waals surface area contributed by atoms with Crippen LogP contribution in [0.2, 0.25) is 0 Å². The highest BCUT2D eigenvalue weighted by molar-refractivity contribution is 7.99. The Balaban J connectivity index is 1.86. The molecule has 2 aromatic rings. The minimum atomic E-state index is -0.142. The average Bonchev–Trinajstić information content (AvgIpc) is 3.10. The summed E-state index contributed by atoms with van der Waals surface area (Å²) in [6.07, 6.45) is 5.25. The maximum atomic E-state index is 12.2.